The Morgan fingerprint density at radius 1 is 1.59 bits per heavy atom. The van der Waals surface area contributed by atoms with E-state index >= 15 is 0 Å². The minimum absolute atomic E-state index is 0.0752. The van der Waals surface area contributed by atoms with E-state index < -0.39 is 0 Å². The number of nitrogens with zero attached hydrogens (tertiary/aromatic N) is 2. The summed E-state index contributed by atoms with van der Waals surface area (Å²) in [6, 6.07) is 0. The molecule has 1 fully saturated rings. The van der Waals surface area contributed by atoms with Crippen molar-refractivity contribution in [3.8, 4) is 0 Å². The summed E-state index contributed by atoms with van der Waals surface area (Å²) in [5.74, 6) is 1.15. The number of nitrogens with one attached hydrogen (secondary N) is 1. The Morgan fingerprint density at radius 2 is 2.29 bits per heavy atom. The van der Waals surface area contributed by atoms with E-state index in [0.717, 1.165) is 30.3 Å². The third-order valence-electron chi connectivity index (χ3n) is 3.34. The van der Waals surface area contributed by atoms with Crippen LogP contribution in [0.5, 0.6) is 0 Å². The molecule has 1 atom stereocenters. The average Bonchev–Trinajstić information content (AvgIpc) is 2.35. The van der Waals surface area contributed by atoms with Gasteiger partial charge in [0, 0.05) is 24.9 Å². The zero-order chi connectivity index (χ0) is 12.9. The predicted octanol–water partition coefficient (Wildman–Crippen LogP) is 1.72. The van der Waals surface area contributed by atoms with Crippen molar-refractivity contribution < 1.29 is 4.79 Å². The second-order valence-electron chi connectivity index (χ2n) is 4.67. The molecule has 0 aromatic rings. The Morgan fingerprint density at radius 3 is 2.88 bits per heavy atom. The normalized spacial score (nSPS) is 26.7. The van der Waals surface area contributed by atoms with Gasteiger partial charge in [0.25, 0.3) is 0 Å². The molecule has 17 heavy (non-hydrogen) atoms. The van der Waals surface area contributed by atoms with Crippen LogP contribution >= 0.6 is 11.8 Å². The summed E-state index contributed by atoms with van der Waals surface area (Å²) in [5, 5.41) is 4.35. The summed E-state index contributed by atoms with van der Waals surface area (Å²) < 4.78 is 0. The monoisotopic (exact) mass is 257 g/mol. The molecule has 1 N–H and O–H groups in total. The Labute approximate surface area is 108 Å². The number of rotatable bonds is 4. The highest BCUT2D eigenvalue weighted by Gasteiger charge is 2.27. The van der Waals surface area contributed by atoms with Crippen molar-refractivity contribution >= 4 is 22.8 Å². The first-order chi connectivity index (χ1) is 8.00. The van der Waals surface area contributed by atoms with Crippen LogP contribution in [0.25, 0.3) is 0 Å². The van der Waals surface area contributed by atoms with Crippen LogP contribution in [0.3, 0.4) is 0 Å². The molecule has 98 valence electrons. The van der Waals surface area contributed by atoms with Crippen molar-refractivity contribution in [2.45, 2.75) is 39.2 Å². The van der Waals surface area contributed by atoms with Gasteiger partial charge in [-0.25, -0.2) is 0 Å². The van der Waals surface area contributed by atoms with Gasteiger partial charge in [-0.05, 0) is 26.7 Å². The fraction of sp³-hybridized carbons (Fsp3) is 0.833. The number of hydrogen-bond donors (Lipinski definition) is 1. The topological polar surface area (TPSA) is 44.7 Å². The summed E-state index contributed by atoms with van der Waals surface area (Å²) in [6.45, 7) is 7.34. The minimum Gasteiger partial charge on any atom is -0.360 e. The van der Waals surface area contributed by atoms with Crippen LogP contribution in [0.1, 0.15) is 33.6 Å². The second-order valence-corrected chi connectivity index (χ2v) is 5.75. The minimum atomic E-state index is 0.0752. The van der Waals surface area contributed by atoms with Gasteiger partial charge in [0.15, 0.2) is 5.17 Å². The van der Waals surface area contributed by atoms with Gasteiger partial charge >= 0.3 is 0 Å². The molecule has 1 amide bonds. The van der Waals surface area contributed by atoms with E-state index in [1.54, 1.807) is 23.7 Å². The molecule has 4 nitrogen and oxygen atoms in total. The summed E-state index contributed by atoms with van der Waals surface area (Å²) in [4.78, 5) is 17.7. The summed E-state index contributed by atoms with van der Waals surface area (Å²) in [6.07, 6.45) is 2.23. The first-order valence-corrected chi connectivity index (χ1v) is 7.18. The lowest BCUT2D eigenvalue weighted by Crippen LogP contribution is -2.48. The Bertz CT molecular complexity index is 306. The molecule has 5 heteroatoms. The fourth-order valence-corrected chi connectivity index (χ4v) is 2.74. The molecule has 0 radical (unpaired) electrons. The van der Waals surface area contributed by atoms with E-state index in [9.17, 15) is 4.79 Å². The van der Waals surface area contributed by atoms with Gasteiger partial charge in [-0.2, -0.15) is 0 Å². The van der Waals surface area contributed by atoms with Crippen molar-refractivity contribution in [3.05, 3.63) is 0 Å². The van der Waals surface area contributed by atoms with Crippen LogP contribution in [0.4, 0.5) is 0 Å². The van der Waals surface area contributed by atoms with E-state index in [2.05, 4.69) is 24.2 Å². The van der Waals surface area contributed by atoms with Gasteiger partial charge in [0.2, 0.25) is 5.91 Å². The van der Waals surface area contributed by atoms with E-state index in [0.29, 0.717) is 0 Å². The van der Waals surface area contributed by atoms with E-state index in [1.165, 1.54) is 0 Å². The lowest BCUT2D eigenvalue weighted by atomic mass is 9.96. The Balaban J connectivity index is 2.52. The van der Waals surface area contributed by atoms with E-state index in [-0.39, 0.29) is 18.0 Å². The third kappa shape index (κ3) is 4.22. The highest BCUT2D eigenvalue weighted by atomic mass is 32.2. The highest BCUT2D eigenvalue weighted by Crippen LogP contribution is 2.24. The molecule has 1 rings (SSSR count). The lowest BCUT2D eigenvalue weighted by Gasteiger charge is -2.35. The third-order valence-corrected chi connectivity index (χ3v) is 4.25. The molecular formula is C12H23N3OS. The molecule has 1 unspecified atom stereocenters. The predicted molar refractivity (Wildman–Crippen MR) is 74.5 cm³/mol. The second kappa shape index (κ2) is 6.28. The molecule has 0 bridgehead atoms. The molecule has 1 aliphatic heterocycles. The first-order valence-electron chi connectivity index (χ1n) is 6.20. The van der Waals surface area contributed by atoms with Crippen molar-refractivity contribution in [1.29, 1.82) is 0 Å². The number of hydrogen-bond acceptors (Lipinski definition) is 3. The maximum absolute atomic E-state index is 11.6. The summed E-state index contributed by atoms with van der Waals surface area (Å²) >= 11 is 1.71. The number of carbonyl (C=O) groups excluding carboxylic acids is 1. The van der Waals surface area contributed by atoms with Crippen LogP contribution < -0.4 is 5.32 Å². The quantitative estimate of drug-likeness (QED) is 0.834. The summed E-state index contributed by atoms with van der Waals surface area (Å²) in [7, 11) is 1.81. The maximum atomic E-state index is 11.6. The van der Waals surface area contributed by atoms with Crippen molar-refractivity contribution in [2.24, 2.45) is 4.99 Å². The number of amidine groups is 1. The number of thioether (sulfide) groups is 1. The van der Waals surface area contributed by atoms with Gasteiger partial charge < -0.3 is 10.2 Å². The fourth-order valence-electron chi connectivity index (χ4n) is 1.52. The SMILES string of the molecule is CCN(C)C(=O)CN=C1NC(C)(CC)CCS1. The van der Waals surface area contributed by atoms with Gasteiger partial charge in [-0.1, -0.05) is 18.7 Å². The number of likely N-dealkylation sites (N-methyl/N-ethyl adjacent to an activating group) is 1. The van der Waals surface area contributed by atoms with Gasteiger partial charge in [0.05, 0.1) is 0 Å². The van der Waals surface area contributed by atoms with Crippen LogP contribution in [0, 0.1) is 0 Å². The van der Waals surface area contributed by atoms with Crippen molar-refractivity contribution in [2.75, 3.05) is 25.9 Å². The van der Waals surface area contributed by atoms with Gasteiger partial charge in [-0.15, -0.1) is 0 Å². The van der Waals surface area contributed by atoms with Gasteiger partial charge in [0.1, 0.15) is 6.54 Å². The average molecular weight is 257 g/mol. The van der Waals surface area contributed by atoms with Crippen molar-refractivity contribution in [3.63, 3.8) is 0 Å². The smallest absolute Gasteiger partial charge is 0.244 e. The zero-order valence-corrected chi connectivity index (χ0v) is 12.1. The molecule has 1 saturated heterocycles. The number of aliphatic imine (C=N–C) groups is 1. The lowest BCUT2D eigenvalue weighted by molar-refractivity contribution is -0.128. The highest BCUT2D eigenvalue weighted by molar-refractivity contribution is 8.13. The standard InChI is InChI=1S/C12H23N3OS/c1-5-12(3)7-8-17-11(14-12)13-9-10(16)15(4)6-2/h5-9H2,1-4H3,(H,13,14). The molecule has 0 aromatic carbocycles. The maximum Gasteiger partial charge on any atom is 0.244 e. The van der Waals surface area contributed by atoms with Crippen molar-refractivity contribution in [1.82, 2.24) is 10.2 Å². The summed E-state index contributed by atoms with van der Waals surface area (Å²) in [5.41, 5.74) is 0.143. The largest absolute Gasteiger partial charge is 0.360 e. The van der Waals surface area contributed by atoms with Crippen LogP contribution in [0.15, 0.2) is 4.99 Å². The zero-order valence-electron chi connectivity index (χ0n) is 11.2. The first kappa shape index (κ1) is 14.4. The Kier molecular flexibility index (Phi) is 5.31. The van der Waals surface area contributed by atoms with Crippen LogP contribution in [0.2, 0.25) is 0 Å². The number of amides is 1. The van der Waals surface area contributed by atoms with Gasteiger partial charge in [-0.3, -0.25) is 9.79 Å². The van der Waals surface area contributed by atoms with E-state index in [4.69, 9.17) is 0 Å². The van der Waals surface area contributed by atoms with Crippen LogP contribution in [-0.4, -0.2) is 47.4 Å². The Hall–Kier alpha value is -0.710. The molecule has 0 aromatic heterocycles. The molecule has 0 spiro atoms. The molecule has 1 heterocycles. The molecular weight excluding hydrogens is 234 g/mol. The van der Waals surface area contributed by atoms with E-state index in [1.807, 2.05) is 6.92 Å². The molecule has 0 saturated carbocycles. The molecule has 1 aliphatic rings. The number of carbonyl (C=O) groups is 1. The molecule has 0 aliphatic carbocycles. The van der Waals surface area contributed by atoms with Crippen LogP contribution in [-0.2, 0) is 4.79 Å².